The summed E-state index contributed by atoms with van der Waals surface area (Å²) in [6.45, 7) is 3.92. The lowest BCUT2D eigenvalue weighted by Crippen LogP contribution is -2.48. The highest BCUT2D eigenvalue weighted by atomic mass is 16.5. The van der Waals surface area contributed by atoms with Crippen LogP contribution in [0.15, 0.2) is 54.6 Å². The molecule has 4 amide bonds. The summed E-state index contributed by atoms with van der Waals surface area (Å²) in [5.74, 6) is -0.322. The number of hydrogen-bond donors (Lipinski definition) is 2. The zero-order valence-electron chi connectivity index (χ0n) is 15.9. The highest BCUT2D eigenvalue weighted by molar-refractivity contribution is 6.08. The van der Waals surface area contributed by atoms with Crippen molar-refractivity contribution in [3.63, 3.8) is 0 Å². The van der Waals surface area contributed by atoms with Crippen molar-refractivity contribution in [3.05, 3.63) is 65.7 Å². The lowest BCUT2D eigenvalue weighted by atomic mass is 9.87. The summed E-state index contributed by atoms with van der Waals surface area (Å²) in [6, 6.07) is 15.8. The second kappa shape index (κ2) is 8.12. The second-order valence-electron chi connectivity index (χ2n) is 6.64. The van der Waals surface area contributed by atoms with Crippen molar-refractivity contribution in [1.82, 2.24) is 15.8 Å². The Bertz CT molecular complexity index is 867. The van der Waals surface area contributed by atoms with Gasteiger partial charge in [0.05, 0.1) is 13.0 Å². The van der Waals surface area contributed by atoms with Crippen molar-refractivity contribution < 1.29 is 19.1 Å². The molecule has 3 rings (SSSR count). The predicted molar refractivity (Wildman–Crippen MR) is 103 cm³/mol. The molecule has 28 heavy (non-hydrogen) atoms. The topological polar surface area (TPSA) is 87.7 Å². The maximum atomic E-state index is 12.9. The van der Waals surface area contributed by atoms with Crippen LogP contribution in [0.25, 0.3) is 0 Å². The van der Waals surface area contributed by atoms with Crippen LogP contribution in [0.2, 0.25) is 0 Å². The maximum absolute atomic E-state index is 12.9. The highest BCUT2D eigenvalue weighted by Gasteiger charge is 2.52. The molecule has 0 radical (unpaired) electrons. The number of nitrogens with zero attached hydrogens (tertiary/aromatic N) is 1. The summed E-state index contributed by atoms with van der Waals surface area (Å²) < 4.78 is 5.52. The molecule has 1 atom stereocenters. The lowest BCUT2D eigenvalue weighted by molar-refractivity contribution is -0.139. The Hall–Kier alpha value is -3.35. The number of aryl methyl sites for hydroxylation is 1. The van der Waals surface area contributed by atoms with Gasteiger partial charge in [0.1, 0.15) is 11.3 Å². The Balaban J connectivity index is 1.60. The van der Waals surface area contributed by atoms with Gasteiger partial charge in [-0.05, 0) is 31.0 Å². The predicted octanol–water partition coefficient (Wildman–Crippen LogP) is 2.65. The molecule has 1 aliphatic rings. The number of imide groups is 1. The van der Waals surface area contributed by atoms with Crippen LogP contribution >= 0.6 is 0 Å². The molecule has 0 spiro atoms. The van der Waals surface area contributed by atoms with E-state index in [0.717, 1.165) is 10.6 Å². The summed E-state index contributed by atoms with van der Waals surface area (Å²) in [6.07, 6.45) is 0.375. The van der Waals surface area contributed by atoms with Crippen molar-refractivity contribution >= 4 is 17.8 Å². The van der Waals surface area contributed by atoms with Crippen molar-refractivity contribution in [3.8, 4) is 5.75 Å². The number of urea groups is 1. The minimum absolute atomic E-state index is 0.00932. The first-order valence-electron chi connectivity index (χ1n) is 9.17. The van der Waals surface area contributed by atoms with E-state index >= 15 is 0 Å². The second-order valence-corrected chi connectivity index (χ2v) is 6.64. The Morgan fingerprint density at radius 2 is 1.79 bits per heavy atom. The van der Waals surface area contributed by atoms with E-state index in [1.807, 2.05) is 44.2 Å². The number of benzene rings is 2. The average Bonchev–Trinajstić information content (AvgIpc) is 2.95. The number of rotatable bonds is 7. The molecule has 1 aliphatic heterocycles. The Kier molecular flexibility index (Phi) is 5.63. The molecule has 0 aliphatic carbocycles. The number of carbonyl (C=O) groups excluding carboxylic acids is 3. The Morgan fingerprint density at radius 1 is 1.11 bits per heavy atom. The fraction of sp³-hybridized carbons (Fsp3) is 0.286. The van der Waals surface area contributed by atoms with Gasteiger partial charge < -0.3 is 10.1 Å². The standard InChI is InChI=1S/C21H23N3O4/c1-3-21(16-7-5-4-6-8-16)19(26)24(20(27)22-21)23-18(25)13-14-28-17-11-9-15(2)10-12-17/h4-12H,3,13-14H2,1-2H3,(H,22,27)(H,23,25)/t21-/m0/s1. The SMILES string of the molecule is CC[C@@]1(c2ccccc2)NC(=O)N(NC(=O)CCOc2ccc(C)cc2)C1=O. The maximum Gasteiger partial charge on any atom is 0.344 e. The number of hydrazine groups is 1. The zero-order valence-corrected chi connectivity index (χ0v) is 15.9. The molecule has 7 heteroatoms. The molecule has 2 aromatic rings. The minimum atomic E-state index is -1.18. The molecule has 0 bridgehead atoms. The zero-order chi connectivity index (χ0) is 20.1. The van der Waals surface area contributed by atoms with Crippen molar-refractivity contribution in [2.24, 2.45) is 0 Å². The normalized spacial score (nSPS) is 18.7. The third-order valence-corrected chi connectivity index (χ3v) is 4.74. The van der Waals surface area contributed by atoms with Crippen molar-refractivity contribution in [2.75, 3.05) is 6.61 Å². The summed E-state index contributed by atoms with van der Waals surface area (Å²) in [7, 11) is 0. The van der Waals surface area contributed by atoms with Crippen molar-refractivity contribution in [2.45, 2.75) is 32.2 Å². The first-order valence-corrected chi connectivity index (χ1v) is 9.17. The van der Waals surface area contributed by atoms with E-state index in [0.29, 0.717) is 17.7 Å². The van der Waals surface area contributed by atoms with Crippen LogP contribution in [0.1, 0.15) is 30.9 Å². The van der Waals surface area contributed by atoms with Crippen LogP contribution in [0, 0.1) is 6.92 Å². The van der Waals surface area contributed by atoms with Gasteiger partial charge in [-0.25, -0.2) is 4.79 Å². The van der Waals surface area contributed by atoms with Gasteiger partial charge in [0.2, 0.25) is 5.91 Å². The Labute approximate surface area is 163 Å². The van der Waals surface area contributed by atoms with Gasteiger partial charge in [-0.3, -0.25) is 15.0 Å². The smallest absolute Gasteiger partial charge is 0.344 e. The minimum Gasteiger partial charge on any atom is -0.493 e. The number of ether oxygens (including phenoxy) is 1. The number of hydrogen-bond acceptors (Lipinski definition) is 4. The fourth-order valence-electron chi connectivity index (χ4n) is 3.12. The van der Waals surface area contributed by atoms with E-state index < -0.39 is 23.4 Å². The monoisotopic (exact) mass is 381 g/mol. The molecule has 2 aromatic carbocycles. The van der Waals surface area contributed by atoms with E-state index in [2.05, 4.69) is 10.7 Å². The summed E-state index contributed by atoms with van der Waals surface area (Å²) in [4.78, 5) is 37.5. The Morgan fingerprint density at radius 3 is 2.43 bits per heavy atom. The van der Waals surface area contributed by atoms with Crippen LogP contribution in [-0.4, -0.2) is 29.5 Å². The number of amides is 4. The molecular formula is C21H23N3O4. The fourth-order valence-corrected chi connectivity index (χ4v) is 3.12. The molecule has 1 saturated heterocycles. The van der Waals surface area contributed by atoms with Crippen molar-refractivity contribution in [1.29, 1.82) is 0 Å². The summed E-state index contributed by atoms with van der Waals surface area (Å²) in [5.41, 5.74) is 3.00. The van der Waals surface area contributed by atoms with E-state index in [4.69, 9.17) is 4.74 Å². The van der Waals surface area contributed by atoms with E-state index in [1.165, 1.54) is 0 Å². The molecule has 146 valence electrons. The summed E-state index contributed by atoms with van der Waals surface area (Å²) in [5, 5.41) is 3.47. The van der Waals surface area contributed by atoms with Gasteiger partial charge >= 0.3 is 6.03 Å². The molecule has 0 saturated carbocycles. The van der Waals surface area contributed by atoms with Crippen LogP contribution < -0.4 is 15.5 Å². The average molecular weight is 381 g/mol. The first kappa shape index (κ1) is 19.4. The molecular weight excluding hydrogens is 358 g/mol. The molecule has 1 fully saturated rings. The van der Waals surface area contributed by atoms with Crippen LogP contribution in [0.4, 0.5) is 4.79 Å². The first-order chi connectivity index (χ1) is 13.5. The van der Waals surface area contributed by atoms with E-state index in [-0.39, 0.29) is 13.0 Å². The van der Waals surface area contributed by atoms with Gasteiger partial charge in [0, 0.05) is 0 Å². The molecule has 0 unspecified atom stereocenters. The largest absolute Gasteiger partial charge is 0.493 e. The van der Waals surface area contributed by atoms with Gasteiger partial charge in [-0.1, -0.05) is 55.0 Å². The van der Waals surface area contributed by atoms with Gasteiger partial charge in [0.25, 0.3) is 5.91 Å². The summed E-state index contributed by atoms with van der Waals surface area (Å²) >= 11 is 0. The van der Waals surface area contributed by atoms with Crippen LogP contribution in [-0.2, 0) is 15.1 Å². The number of nitrogens with one attached hydrogen (secondary N) is 2. The van der Waals surface area contributed by atoms with E-state index in [1.54, 1.807) is 24.3 Å². The van der Waals surface area contributed by atoms with Gasteiger partial charge in [-0.2, -0.15) is 5.01 Å². The lowest BCUT2D eigenvalue weighted by Gasteiger charge is -2.25. The van der Waals surface area contributed by atoms with Gasteiger partial charge in [-0.15, -0.1) is 0 Å². The van der Waals surface area contributed by atoms with E-state index in [9.17, 15) is 14.4 Å². The van der Waals surface area contributed by atoms with Crippen LogP contribution in [0.5, 0.6) is 5.75 Å². The molecule has 7 nitrogen and oxygen atoms in total. The van der Waals surface area contributed by atoms with Gasteiger partial charge in [0.15, 0.2) is 0 Å². The highest BCUT2D eigenvalue weighted by Crippen LogP contribution is 2.31. The molecule has 2 N–H and O–H groups in total. The third-order valence-electron chi connectivity index (χ3n) is 4.74. The molecule has 1 heterocycles. The van der Waals surface area contributed by atoms with Crippen LogP contribution in [0.3, 0.4) is 0 Å². The third kappa shape index (κ3) is 3.83. The number of carbonyl (C=O) groups is 3. The quantitative estimate of drug-likeness (QED) is 0.722. The molecule has 0 aromatic heterocycles.